The smallest absolute Gasteiger partial charge is 0.142 e. The Labute approximate surface area is 221 Å². The van der Waals surface area contributed by atoms with Crippen molar-refractivity contribution in [2.75, 3.05) is 58.6 Å². The molecule has 1 heterocycles. The fraction of sp³-hybridized carbons (Fsp3) is 0.600. The summed E-state index contributed by atoms with van der Waals surface area (Å²) in [6.45, 7) is 5.78. The molecule has 2 aromatic carbocycles. The van der Waals surface area contributed by atoms with Crippen LogP contribution in [-0.4, -0.2) is 71.1 Å². The fourth-order valence-electron chi connectivity index (χ4n) is 5.33. The number of fused-ring (bicyclic) bond motifs is 1. The Kier molecular flexibility index (Phi) is 11.1. The monoisotopic (exact) mass is 513 g/mol. The number of nitrogens with zero attached hydrogens (tertiary/aromatic N) is 1. The van der Waals surface area contributed by atoms with Gasteiger partial charge in [0.2, 0.25) is 0 Å². The largest absolute Gasteiger partial charge is 0.490 e. The van der Waals surface area contributed by atoms with Gasteiger partial charge in [-0.1, -0.05) is 30.3 Å². The van der Waals surface area contributed by atoms with Crippen molar-refractivity contribution in [2.45, 2.75) is 63.4 Å². The second kappa shape index (κ2) is 14.7. The van der Waals surface area contributed by atoms with Gasteiger partial charge in [-0.25, -0.2) is 0 Å². The summed E-state index contributed by atoms with van der Waals surface area (Å²) in [5.41, 5.74) is 4.52. The summed E-state index contributed by atoms with van der Waals surface area (Å²) in [4.78, 5) is 2.37. The van der Waals surface area contributed by atoms with Crippen LogP contribution in [0.5, 0.6) is 5.75 Å². The van der Waals surface area contributed by atoms with Gasteiger partial charge < -0.3 is 33.7 Å². The van der Waals surface area contributed by atoms with Crippen molar-refractivity contribution in [3.63, 3.8) is 0 Å². The van der Waals surface area contributed by atoms with Gasteiger partial charge in [-0.15, -0.1) is 0 Å². The molecule has 0 amide bonds. The van der Waals surface area contributed by atoms with Crippen molar-refractivity contribution in [1.29, 1.82) is 0 Å². The second-order valence-electron chi connectivity index (χ2n) is 10.00. The maximum Gasteiger partial charge on any atom is 0.142 e. The highest BCUT2D eigenvalue weighted by Crippen LogP contribution is 2.37. The molecule has 0 radical (unpaired) electrons. The third-order valence-electron chi connectivity index (χ3n) is 7.30. The lowest BCUT2D eigenvalue weighted by molar-refractivity contribution is -0.0426. The van der Waals surface area contributed by atoms with Gasteiger partial charge in [-0.3, -0.25) is 0 Å². The van der Waals surface area contributed by atoms with Crippen LogP contribution in [0.2, 0.25) is 0 Å². The molecule has 3 atom stereocenters. The molecule has 0 unspecified atom stereocenters. The maximum atomic E-state index is 10.9. The Bertz CT molecular complexity index is 936. The third-order valence-corrected chi connectivity index (χ3v) is 7.30. The number of aliphatic hydroxyl groups excluding tert-OH is 1. The van der Waals surface area contributed by atoms with Crippen molar-refractivity contribution in [1.82, 2.24) is 0 Å². The second-order valence-corrected chi connectivity index (χ2v) is 10.00. The predicted octanol–water partition coefficient (Wildman–Crippen LogP) is 4.69. The number of hydrogen-bond donors (Lipinski definition) is 1. The van der Waals surface area contributed by atoms with E-state index in [1.54, 1.807) is 14.2 Å². The number of rotatable bonds is 14. The number of ether oxygens (including phenoxy) is 5. The summed E-state index contributed by atoms with van der Waals surface area (Å²) in [6, 6.07) is 14.8. The van der Waals surface area contributed by atoms with Gasteiger partial charge in [0.05, 0.1) is 37.7 Å². The van der Waals surface area contributed by atoms with Crippen LogP contribution in [0.4, 0.5) is 5.69 Å². The summed E-state index contributed by atoms with van der Waals surface area (Å²) in [7, 11) is 3.45. The van der Waals surface area contributed by atoms with Crippen LogP contribution in [0, 0.1) is 0 Å². The Morgan fingerprint density at radius 2 is 1.70 bits per heavy atom. The SMILES string of the molecule is COCCCOCc1ccc([C@H]2[C@H](O)CCC[C@@H]2OCc2ccc3c(c2)N(CCCOC)CCO3)cc1. The van der Waals surface area contributed by atoms with Crippen LogP contribution in [0.3, 0.4) is 0 Å². The first-order valence-corrected chi connectivity index (χ1v) is 13.6. The summed E-state index contributed by atoms with van der Waals surface area (Å²) in [6.07, 6.45) is 4.18. The van der Waals surface area contributed by atoms with Gasteiger partial charge in [0.15, 0.2) is 0 Å². The molecule has 2 aliphatic rings. The molecule has 0 aromatic heterocycles. The van der Waals surface area contributed by atoms with Crippen molar-refractivity contribution in [2.24, 2.45) is 0 Å². The fourth-order valence-corrected chi connectivity index (χ4v) is 5.33. The highest BCUT2D eigenvalue weighted by atomic mass is 16.5. The van der Waals surface area contributed by atoms with Gasteiger partial charge in [-0.2, -0.15) is 0 Å². The number of benzene rings is 2. The zero-order valence-corrected chi connectivity index (χ0v) is 22.4. The first-order valence-electron chi connectivity index (χ1n) is 13.6. The lowest BCUT2D eigenvalue weighted by Gasteiger charge is -2.36. The molecule has 37 heavy (non-hydrogen) atoms. The number of anilines is 1. The van der Waals surface area contributed by atoms with Gasteiger partial charge in [-0.05, 0) is 60.9 Å². The van der Waals surface area contributed by atoms with E-state index in [2.05, 4.69) is 47.4 Å². The summed E-state index contributed by atoms with van der Waals surface area (Å²) in [5, 5.41) is 10.9. The first-order chi connectivity index (χ1) is 18.2. The van der Waals surface area contributed by atoms with E-state index in [1.165, 1.54) is 0 Å². The van der Waals surface area contributed by atoms with Gasteiger partial charge >= 0.3 is 0 Å². The lowest BCUT2D eigenvalue weighted by Crippen LogP contribution is -2.36. The van der Waals surface area contributed by atoms with Gasteiger partial charge in [0.25, 0.3) is 0 Å². The van der Waals surface area contributed by atoms with Crippen molar-refractivity contribution >= 4 is 5.69 Å². The van der Waals surface area contributed by atoms with Crippen molar-refractivity contribution in [3.8, 4) is 5.75 Å². The molecule has 4 rings (SSSR count). The average molecular weight is 514 g/mol. The van der Waals surface area contributed by atoms with Crippen molar-refractivity contribution < 1.29 is 28.8 Å². The maximum absolute atomic E-state index is 10.9. The topological polar surface area (TPSA) is 69.6 Å². The van der Waals surface area contributed by atoms with E-state index < -0.39 is 6.10 Å². The minimum atomic E-state index is -0.400. The van der Waals surface area contributed by atoms with E-state index in [4.69, 9.17) is 23.7 Å². The molecule has 1 N–H and O–H groups in total. The number of hydrogen-bond acceptors (Lipinski definition) is 7. The molecule has 0 saturated heterocycles. The molecule has 2 aromatic rings. The summed E-state index contributed by atoms with van der Waals surface area (Å²) >= 11 is 0. The van der Waals surface area contributed by atoms with Crippen LogP contribution in [0.15, 0.2) is 42.5 Å². The Hall–Kier alpha value is -2.16. The molecular weight excluding hydrogens is 470 g/mol. The molecule has 0 spiro atoms. The molecular formula is C30H43NO6. The van der Waals surface area contributed by atoms with E-state index in [9.17, 15) is 5.11 Å². The summed E-state index contributed by atoms with van der Waals surface area (Å²) < 4.78 is 28.4. The standard InChI is InChI=1S/C30H43NO6/c1-33-16-4-14-31-15-19-36-28-13-10-24(20-26(28)31)22-37-29-7-3-6-27(32)30(29)25-11-8-23(9-12-25)21-35-18-5-17-34-2/h8-13,20,27,29-30,32H,3-7,14-19,21-22H2,1-2H3/t27-,29+,30+/m1/s1. The average Bonchev–Trinajstić information content (AvgIpc) is 2.92. The molecule has 1 aliphatic carbocycles. The first kappa shape index (κ1) is 27.9. The zero-order valence-electron chi connectivity index (χ0n) is 22.4. The quantitative estimate of drug-likeness (QED) is 0.368. The highest BCUT2D eigenvalue weighted by molar-refractivity contribution is 5.61. The van der Waals surface area contributed by atoms with Crippen LogP contribution in [0.25, 0.3) is 0 Å². The molecule has 7 heteroatoms. The van der Waals surface area contributed by atoms with Crippen LogP contribution in [0.1, 0.15) is 54.7 Å². The Morgan fingerprint density at radius 1 is 0.919 bits per heavy atom. The molecule has 1 saturated carbocycles. The van der Waals surface area contributed by atoms with E-state index in [0.717, 1.165) is 79.9 Å². The van der Waals surface area contributed by atoms with Gasteiger partial charge in [0, 0.05) is 46.5 Å². The molecule has 0 bridgehead atoms. The van der Waals surface area contributed by atoms with E-state index in [0.29, 0.717) is 33.0 Å². The highest BCUT2D eigenvalue weighted by Gasteiger charge is 2.34. The normalized spacial score (nSPS) is 21.5. The number of aliphatic hydroxyl groups is 1. The minimum Gasteiger partial charge on any atom is -0.490 e. The van der Waals surface area contributed by atoms with Crippen LogP contribution < -0.4 is 9.64 Å². The van der Waals surface area contributed by atoms with E-state index in [1.807, 2.05) is 0 Å². The van der Waals surface area contributed by atoms with E-state index >= 15 is 0 Å². The molecule has 1 aliphatic heterocycles. The zero-order chi connectivity index (χ0) is 25.9. The number of methoxy groups -OCH3 is 2. The Morgan fingerprint density at radius 3 is 2.51 bits per heavy atom. The third kappa shape index (κ3) is 7.91. The van der Waals surface area contributed by atoms with Crippen molar-refractivity contribution in [3.05, 3.63) is 59.2 Å². The predicted molar refractivity (Wildman–Crippen MR) is 144 cm³/mol. The van der Waals surface area contributed by atoms with Gasteiger partial charge in [0.1, 0.15) is 12.4 Å². The van der Waals surface area contributed by atoms with Crippen LogP contribution >= 0.6 is 0 Å². The molecule has 204 valence electrons. The molecule has 1 fully saturated rings. The lowest BCUT2D eigenvalue weighted by atomic mass is 9.79. The minimum absolute atomic E-state index is 0.0232. The molecule has 7 nitrogen and oxygen atoms in total. The van der Waals surface area contributed by atoms with Crippen LogP contribution in [-0.2, 0) is 32.2 Å². The summed E-state index contributed by atoms with van der Waals surface area (Å²) in [5.74, 6) is 0.901. The van der Waals surface area contributed by atoms with E-state index in [-0.39, 0.29) is 12.0 Å². The Balaban J connectivity index is 1.37.